The molecule has 4 fully saturated rings. The Hall–Kier alpha value is -2.42. The van der Waals surface area contributed by atoms with Crippen LogP contribution in [0.1, 0.15) is 205 Å². The van der Waals surface area contributed by atoms with E-state index in [0.717, 1.165) is 0 Å². The van der Waals surface area contributed by atoms with Crippen molar-refractivity contribution in [2.45, 2.75) is 261 Å². The van der Waals surface area contributed by atoms with Crippen LogP contribution < -0.4 is 0 Å². The Morgan fingerprint density at radius 2 is 0.333 bits per heavy atom. The van der Waals surface area contributed by atoms with Crippen molar-refractivity contribution < 1.29 is 14.1 Å². The maximum absolute atomic E-state index is 8.66. The van der Waals surface area contributed by atoms with Crippen molar-refractivity contribution in [1.29, 1.82) is 0 Å². The third-order valence-electron chi connectivity index (χ3n) is 34.0. The quantitative estimate of drug-likeness (QED) is 0.212. The van der Waals surface area contributed by atoms with E-state index in [1.807, 2.05) is 44.6 Å². The standard InChI is InChI=1S/4C19H24Si.Hf/c4*1-20(18-10-14-6-2-3-7-15(14)11-18)19-12-16-8-4-5-9-17(16)13-19;/h4*10-13,20H,2-9H2,1H3;/q;;;;-4. The van der Waals surface area contributed by atoms with Crippen molar-refractivity contribution in [1.82, 2.24) is 0 Å². The Kier molecular flexibility index (Phi) is 9.26. The van der Waals surface area contributed by atoms with Crippen LogP contribution in [0.2, 0.25) is 55.6 Å². The van der Waals surface area contributed by atoms with Crippen LogP contribution >= 0.6 is 0 Å². The van der Waals surface area contributed by atoms with Gasteiger partial charge in [-0.15, -0.1) is 0 Å². The fraction of sp³-hybridized carbons (Fsp3) is 0.579. The predicted octanol–water partition coefficient (Wildman–Crippen LogP) is 20.9. The minimum absolute atomic E-state index is 0.622. The van der Waals surface area contributed by atoms with Crippen LogP contribution in [0, 0.1) is 0 Å². The zero-order chi connectivity index (χ0) is 53.4. The average molecular weight is 1300 g/mol. The Balaban J connectivity index is 1.26. The summed E-state index contributed by atoms with van der Waals surface area (Å²) in [5, 5.41) is 18.2. The molecule has 8 unspecified atom stereocenters. The fourth-order valence-electron chi connectivity index (χ4n) is 34.9. The summed E-state index contributed by atoms with van der Waals surface area (Å²) < 4.78 is 4.98. The Labute approximate surface area is 485 Å². The first-order chi connectivity index (χ1) is 39.7. The molecule has 0 amide bonds. The molecule has 4 heterocycles. The Morgan fingerprint density at radius 3 is 0.469 bits per heavy atom. The van der Waals surface area contributed by atoms with E-state index < -0.39 is 49.3 Å². The first kappa shape index (κ1) is 49.7. The summed E-state index contributed by atoms with van der Waals surface area (Å²) in [5.74, 6) is 0. The predicted molar refractivity (Wildman–Crippen MR) is 351 cm³/mol. The summed E-state index contributed by atoms with van der Waals surface area (Å²) in [6.45, 7) is 12.5. The SMILES string of the molecule is C[SiH]1C2=CC3=C(CCCC3)[CH]2[Hf-4]234([CH]5C1=CC1=C5CCCC1)([CH]1C(=CC5=C1CCCC5)[SiH](C)C1=CC5=C(CCCC5)[CH]12)([CH]1C(=CC2=C1CCCC2)[SiH](C)C1=CC2=C(CCCC2)[CH]13)[CH]1C(=CC2=C1CCCC2)[SiH](C)C1=CC2=C(CCCC2)[CH]14. The van der Waals surface area contributed by atoms with E-state index in [9.17, 15) is 0 Å². The van der Waals surface area contributed by atoms with Gasteiger partial charge in [0.2, 0.25) is 0 Å². The molecule has 20 aliphatic rings. The van der Waals surface area contributed by atoms with E-state index in [-0.39, 0.29) is 0 Å². The molecule has 8 atom stereocenters. The van der Waals surface area contributed by atoms with Crippen LogP contribution in [0.5, 0.6) is 0 Å². The molecule has 20 rings (SSSR count). The van der Waals surface area contributed by atoms with E-state index in [0.29, 0.717) is 29.4 Å². The maximum atomic E-state index is 3.35. The number of fused-ring (bicyclic) bond motifs is 16. The zero-order valence-electron chi connectivity index (χ0n) is 50.7. The second kappa shape index (κ2) is 15.1. The molecule has 0 aromatic carbocycles. The van der Waals surface area contributed by atoms with Crippen LogP contribution in [0.15, 0.2) is 179 Å². The summed E-state index contributed by atoms with van der Waals surface area (Å²) in [4.78, 5) is 0. The van der Waals surface area contributed by atoms with Gasteiger partial charge in [0.1, 0.15) is 0 Å². The third kappa shape index (κ3) is 4.18. The monoisotopic (exact) mass is 1300 g/mol. The fourth-order valence-corrected chi connectivity index (χ4v) is 236. The van der Waals surface area contributed by atoms with E-state index in [1.54, 1.807) is 0 Å². The normalized spacial score (nSPS) is 44.2. The number of rotatable bonds is 0. The second-order valence-electron chi connectivity index (χ2n) is 34.2. The van der Waals surface area contributed by atoms with E-state index in [1.165, 1.54) is 205 Å². The van der Waals surface area contributed by atoms with Crippen molar-refractivity contribution in [3.05, 3.63) is 179 Å². The summed E-state index contributed by atoms with van der Waals surface area (Å²) in [7, 11) is -7.08. The summed E-state index contributed by atoms with van der Waals surface area (Å²) in [5.41, 5.74) is 33.9. The number of hydrogen-bond acceptors (Lipinski definition) is 0. The van der Waals surface area contributed by atoms with Gasteiger partial charge in [0.05, 0.1) is 0 Å². The average Bonchev–Trinajstić information content (AvgIpc) is 1.50. The molecule has 4 saturated heterocycles. The molecule has 4 aliphatic heterocycles. The molecule has 0 nitrogen and oxygen atoms in total. The molecular formula is C76H96HfSi4-4. The first-order valence-corrected chi connectivity index (χ1v) is 61.7. The van der Waals surface area contributed by atoms with Crippen LogP contribution in [-0.2, 0) is 14.1 Å². The van der Waals surface area contributed by atoms with Gasteiger partial charge in [-0.25, -0.2) is 0 Å². The van der Waals surface area contributed by atoms with Gasteiger partial charge in [0.25, 0.3) is 0 Å². The summed E-state index contributed by atoms with van der Waals surface area (Å²) in [6, 6.07) is 0. The molecule has 16 aliphatic carbocycles. The Bertz CT molecular complexity index is 3070. The van der Waals surface area contributed by atoms with Crippen molar-refractivity contribution in [3.8, 4) is 0 Å². The van der Waals surface area contributed by atoms with Gasteiger partial charge in [-0.1, -0.05) is 0 Å². The molecule has 0 aromatic heterocycles. The van der Waals surface area contributed by atoms with Crippen molar-refractivity contribution in [3.63, 3.8) is 0 Å². The summed E-state index contributed by atoms with van der Waals surface area (Å²) >= 11 is -8.66. The van der Waals surface area contributed by atoms with Gasteiger partial charge >= 0.3 is 490 Å². The molecule has 81 heavy (non-hydrogen) atoms. The van der Waals surface area contributed by atoms with Crippen molar-refractivity contribution in [2.24, 2.45) is 0 Å². The molecule has 0 aromatic rings. The van der Waals surface area contributed by atoms with Gasteiger partial charge in [-0.05, 0) is 0 Å². The Morgan fingerprint density at radius 1 is 0.210 bits per heavy atom. The molecule has 1 spiro atoms. The summed E-state index contributed by atoms with van der Waals surface area (Å²) in [6.07, 6.45) is 72.1. The van der Waals surface area contributed by atoms with Crippen LogP contribution in [0.4, 0.5) is 0 Å². The molecule has 424 valence electrons. The molecular weight excluding hydrogens is 1200 g/mol. The number of hydrogen-bond donors (Lipinski definition) is 0. The molecule has 0 saturated carbocycles. The molecule has 0 radical (unpaired) electrons. The second-order valence-corrected chi connectivity index (χ2v) is 95.5. The van der Waals surface area contributed by atoms with Crippen molar-refractivity contribution >= 4 is 35.2 Å². The van der Waals surface area contributed by atoms with Gasteiger partial charge in [-0.2, -0.15) is 0 Å². The van der Waals surface area contributed by atoms with Crippen LogP contribution in [0.3, 0.4) is 0 Å². The number of allylic oxidation sites excluding steroid dienone is 32. The third-order valence-corrected chi connectivity index (χ3v) is 142. The van der Waals surface area contributed by atoms with Gasteiger partial charge in [-0.3, -0.25) is 0 Å². The van der Waals surface area contributed by atoms with E-state index in [4.69, 9.17) is 0 Å². The molecule has 0 N–H and O–H groups in total. The minimum atomic E-state index is -8.66. The first-order valence-electron chi connectivity index (χ1n) is 35.8. The topological polar surface area (TPSA) is 0 Å². The van der Waals surface area contributed by atoms with Gasteiger partial charge in [0.15, 0.2) is 0 Å². The van der Waals surface area contributed by atoms with Gasteiger partial charge in [0, 0.05) is 0 Å². The van der Waals surface area contributed by atoms with E-state index >= 15 is 0 Å². The van der Waals surface area contributed by atoms with Crippen LogP contribution in [-0.4, -0.2) is 35.2 Å². The molecule has 5 heteroatoms. The van der Waals surface area contributed by atoms with Crippen molar-refractivity contribution in [2.75, 3.05) is 0 Å². The molecule has 0 bridgehead atoms. The van der Waals surface area contributed by atoms with Gasteiger partial charge < -0.3 is 0 Å². The van der Waals surface area contributed by atoms with Crippen LogP contribution in [0.25, 0.3) is 0 Å². The van der Waals surface area contributed by atoms with E-state index in [2.05, 4.69) is 161 Å². The zero-order valence-corrected chi connectivity index (χ0v) is 58.9.